The van der Waals surface area contributed by atoms with Crippen LogP contribution in [0.4, 0.5) is 17.6 Å². The number of amides is 1. The van der Waals surface area contributed by atoms with Gasteiger partial charge in [0.05, 0.1) is 18.0 Å². The summed E-state index contributed by atoms with van der Waals surface area (Å²) in [6.45, 7) is 5.23. The second kappa shape index (κ2) is 14.8. The summed E-state index contributed by atoms with van der Waals surface area (Å²) in [5, 5.41) is 12.8. The molecule has 0 aliphatic carbocycles. The van der Waals surface area contributed by atoms with Gasteiger partial charge in [0.15, 0.2) is 0 Å². The molecule has 2 aromatic carbocycles. The Balaban J connectivity index is 2.14. The summed E-state index contributed by atoms with van der Waals surface area (Å²) in [5.74, 6) is -3.18. The number of hydrogen-bond donors (Lipinski definition) is 2. The van der Waals surface area contributed by atoms with Gasteiger partial charge in [0.2, 0.25) is 5.91 Å². The van der Waals surface area contributed by atoms with Crippen LogP contribution in [0.15, 0.2) is 47.4 Å². The van der Waals surface area contributed by atoms with E-state index in [1.807, 2.05) is 0 Å². The topological polar surface area (TPSA) is 91.6 Å². The Morgan fingerprint density at radius 3 is 2.24 bits per heavy atom. The first-order valence-corrected chi connectivity index (χ1v) is 14.9. The number of carboxylic acids is 1. The van der Waals surface area contributed by atoms with Gasteiger partial charge >= 0.3 is 12.1 Å². The molecule has 0 fully saturated rings. The van der Waals surface area contributed by atoms with Crippen molar-refractivity contribution >= 4 is 35.1 Å². The lowest BCUT2D eigenvalue weighted by Gasteiger charge is -2.27. The lowest BCUT2D eigenvalue weighted by atomic mass is 9.93. The van der Waals surface area contributed by atoms with E-state index in [0.29, 0.717) is 17.2 Å². The monoisotopic (exact) mass is 671 g/mol. The summed E-state index contributed by atoms with van der Waals surface area (Å²) in [7, 11) is 3.38. The summed E-state index contributed by atoms with van der Waals surface area (Å²) in [6.07, 6.45) is -4.51. The molecular weight excluding hydrogens is 637 g/mol. The maximum atomic E-state index is 15.6. The largest absolute Gasteiger partial charge is 0.481 e. The van der Waals surface area contributed by atoms with Crippen molar-refractivity contribution in [2.75, 3.05) is 20.6 Å². The SMILES string of the molecule is Cc1cc(-c2c(Cl)cccc2Cl)cc([C@H](CC(=O)O)NC(=O)C(CC(C)C)n2cc(CCN(C)C)c(C(F)(F)F)cc2=O)c1F. The summed E-state index contributed by atoms with van der Waals surface area (Å²) in [4.78, 5) is 40.6. The molecule has 0 bridgehead atoms. The summed E-state index contributed by atoms with van der Waals surface area (Å²) < 4.78 is 58.2. The van der Waals surface area contributed by atoms with E-state index >= 15 is 4.39 Å². The molecule has 1 aromatic heterocycles. The van der Waals surface area contributed by atoms with Gasteiger partial charge in [-0.25, -0.2) is 4.39 Å². The zero-order chi connectivity index (χ0) is 33.8. The number of rotatable bonds is 12. The molecular formula is C32H35Cl2F4N3O4. The number of carbonyl (C=O) groups excluding carboxylic acids is 1. The van der Waals surface area contributed by atoms with Crippen LogP contribution in [0, 0.1) is 18.7 Å². The third-order valence-electron chi connectivity index (χ3n) is 7.23. The fraction of sp³-hybridized carbons (Fsp3) is 0.406. The van der Waals surface area contributed by atoms with Gasteiger partial charge < -0.3 is 19.9 Å². The van der Waals surface area contributed by atoms with Crippen molar-refractivity contribution in [3.05, 3.63) is 91.1 Å². The fourth-order valence-electron chi connectivity index (χ4n) is 5.09. The highest BCUT2D eigenvalue weighted by Gasteiger charge is 2.36. The van der Waals surface area contributed by atoms with Crippen LogP contribution in [0.3, 0.4) is 0 Å². The molecule has 0 saturated carbocycles. The van der Waals surface area contributed by atoms with Crippen molar-refractivity contribution in [3.63, 3.8) is 0 Å². The second-order valence-electron chi connectivity index (χ2n) is 11.6. The number of pyridine rings is 1. The van der Waals surface area contributed by atoms with Gasteiger partial charge in [-0.1, -0.05) is 43.1 Å². The molecule has 3 rings (SSSR count). The predicted octanol–water partition coefficient (Wildman–Crippen LogP) is 7.31. The summed E-state index contributed by atoms with van der Waals surface area (Å²) >= 11 is 12.7. The van der Waals surface area contributed by atoms with Gasteiger partial charge in [-0.3, -0.25) is 14.4 Å². The minimum Gasteiger partial charge on any atom is -0.481 e. The maximum absolute atomic E-state index is 15.6. The molecule has 0 spiro atoms. The lowest BCUT2D eigenvalue weighted by Crippen LogP contribution is -2.41. The number of hydrogen-bond acceptors (Lipinski definition) is 4. The molecule has 13 heteroatoms. The molecule has 2 atom stereocenters. The maximum Gasteiger partial charge on any atom is 0.416 e. The Morgan fingerprint density at radius 2 is 1.71 bits per heavy atom. The molecule has 0 aliphatic rings. The van der Waals surface area contributed by atoms with Crippen LogP contribution in [0.25, 0.3) is 11.1 Å². The molecule has 244 valence electrons. The normalized spacial score (nSPS) is 13.3. The molecule has 2 N–H and O–H groups in total. The third kappa shape index (κ3) is 9.08. The minimum atomic E-state index is -4.80. The van der Waals surface area contributed by atoms with Crippen molar-refractivity contribution in [1.29, 1.82) is 0 Å². The standard InChI is InChI=1S/C32H35Cl2F4N3O4/c1-17(2)11-26(41-16-19(9-10-40(4)5)22(14-27(41)42)32(36,37)38)31(45)39-25(15-28(43)44)21-13-20(12-18(3)30(21)35)29-23(33)7-6-8-24(29)34/h6-8,12-14,16-17,25-26H,9-11,15H2,1-5H3,(H,39,45)(H,43,44)/t25-,26?/m0/s1. The molecule has 1 unspecified atom stereocenters. The number of carboxylic acid groups (broad SMARTS) is 1. The number of likely N-dealkylation sites (N-methyl/N-ethyl adjacent to an activating group) is 1. The summed E-state index contributed by atoms with van der Waals surface area (Å²) in [5.41, 5.74) is -1.59. The third-order valence-corrected chi connectivity index (χ3v) is 7.86. The number of benzene rings is 2. The number of aryl methyl sites for hydroxylation is 1. The zero-order valence-electron chi connectivity index (χ0n) is 25.4. The van der Waals surface area contributed by atoms with Crippen LogP contribution in [-0.2, 0) is 22.2 Å². The Hall–Kier alpha value is -3.41. The van der Waals surface area contributed by atoms with Gasteiger partial charge in [0.25, 0.3) is 5.56 Å². The molecule has 7 nitrogen and oxygen atoms in total. The molecule has 45 heavy (non-hydrogen) atoms. The second-order valence-corrected chi connectivity index (χ2v) is 12.4. The average molecular weight is 673 g/mol. The van der Waals surface area contributed by atoms with Crippen LogP contribution < -0.4 is 10.9 Å². The Labute approximate surface area is 268 Å². The van der Waals surface area contributed by atoms with E-state index in [4.69, 9.17) is 23.2 Å². The van der Waals surface area contributed by atoms with E-state index in [1.54, 1.807) is 51.0 Å². The van der Waals surface area contributed by atoms with Gasteiger partial charge in [-0.2, -0.15) is 13.2 Å². The molecule has 0 aliphatic heterocycles. The minimum absolute atomic E-state index is 0.0286. The number of aromatic nitrogens is 1. The van der Waals surface area contributed by atoms with Crippen molar-refractivity contribution < 1.29 is 32.3 Å². The molecule has 0 radical (unpaired) electrons. The van der Waals surface area contributed by atoms with E-state index < -0.39 is 53.5 Å². The van der Waals surface area contributed by atoms with Gasteiger partial charge in [-0.15, -0.1) is 0 Å². The Morgan fingerprint density at radius 1 is 1.09 bits per heavy atom. The van der Waals surface area contributed by atoms with Gasteiger partial charge in [-0.05, 0) is 80.7 Å². The highest BCUT2D eigenvalue weighted by molar-refractivity contribution is 6.39. The summed E-state index contributed by atoms with van der Waals surface area (Å²) in [6, 6.07) is 5.38. The first-order valence-electron chi connectivity index (χ1n) is 14.1. The first kappa shape index (κ1) is 36.1. The number of carbonyl (C=O) groups is 2. The zero-order valence-corrected chi connectivity index (χ0v) is 26.9. The number of nitrogens with zero attached hydrogens (tertiary/aromatic N) is 2. The van der Waals surface area contributed by atoms with E-state index in [9.17, 15) is 32.7 Å². The van der Waals surface area contributed by atoms with Crippen LogP contribution in [0.2, 0.25) is 10.0 Å². The van der Waals surface area contributed by atoms with E-state index in [1.165, 1.54) is 19.1 Å². The highest BCUT2D eigenvalue weighted by atomic mass is 35.5. The van der Waals surface area contributed by atoms with Crippen molar-refractivity contribution in [2.45, 2.75) is 58.3 Å². The molecule has 1 heterocycles. The number of halogens is 6. The predicted molar refractivity (Wildman–Crippen MR) is 166 cm³/mol. The van der Waals surface area contributed by atoms with Crippen molar-refractivity contribution in [1.82, 2.24) is 14.8 Å². The number of aliphatic carboxylic acids is 1. The van der Waals surface area contributed by atoms with Crippen molar-refractivity contribution in [3.8, 4) is 11.1 Å². The molecule has 3 aromatic rings. The van der Waals surface area contributed by atoms with Gasteiger partial charge in [0, 0.05) is 40.0 Å². The fourth-order valence-corrected chi connectivity index (χ4v) is 5.70. The van der Waals surface area contributed by atoms with E-state index in [2.05, 4.69) is 5.32 Å². The van der Waals surface area contributed by atoms with E-state index in [0.717, 1.165) is 10.8 Å². The van der Waals surface area contributed by atoms with Crippen LogP contribution >= 0.6 is 23.2 Å². The van der Waals surface area contributed by atoms with Crippen LogP contribution in [-0.4, -0.2) is 47.1 Å². The molecule has 1 amide bonds. The quantitative estimate of drug-likeness (QED) is 0.197. The average Bonchev–Trinajstić information content (AvgIpc) is 2.91. The van der Waals surface area contributed by atoms with Gasteiger partial charge in [0.1, 0.15) is 11.9 Å². The Kier molecular flexibility index (Phi) is 11.9. The smallest absolute Gasteiger partial charge is 0.416 e. The number of nitrogens with one attached hydrogen (secondary N) is 1. The Bertz CT molecular complexity index is 1600. The van der Waals surface area contributed by atoms with Crippen LogP contribution in [0.1, 0.15) is 61.0 Å². The first-order chi connectivity index (χ1) is 20.9. The van der Waals surface area contributed by atoms with E-state index in [-0.39, 0.29) is 52.0 Å². The lowest BCUT2D eigenvalue weighted by molar-refractivity contribution is -0.139. The molecule has 0 saturated heterocycles. The van der Waals surface area contributed by atoms with Crippen LogP contribution in [0.5, 0.6) is 0 Å². The highest BCUT2D eigenvalue weighted by Crippen LogP contribution is 2.38. The number of alkyl halides is 3. The van der Waals surface area contributed by atoms with Crippen molar-refractivity contribution in [2.24, 2.45) is 5.92 Å².